The van der Waals surface area contributed by atoms with E-state index in [1.54, 1.807) is 42.8 Å². The summed E-state index contributed by atoms with van der Waals surface area (Å²) >= 11 is 6.09. The first-order valence-electron chi connectivity index (χ1n) is 12.9. The molecule has 0 saturated heterocycles. The third-order valence-corrected chi connectivity index (χ3v) is 8.11. The molecule has 2 aromatic carbocycles. The van der Waals surface area contributed by atoms with Gasteiger partial charge in [0.1, 0.15) is 11.0 Å². The molecule has 5 aromatic rings. The molecule has 0 fully saturated rings. The van der Waals surface area contributed by atoms with E-state index in [2.05, 4.69) is 9.97 Å². The van der Waals surface area contributed by atoms with Gasteiger partial charge in [-0.25, -0.2) is 32.5 Å². The van der Waals surface area contributed by atoms with Crippen molar-refractivity contribution in [2.75, 3.05) is 11.2 Å². The average Bonchev–Trinajstić information content (AvgIpc) is 3.50. The Hall–Kier alpha value is -4.36. The summed E-state index contributed by atoms with van der Waals surface area (Å²) < 4.78 is 42.7. The highest BCUT2D eigenvalue weighted by Crippen LogP contribution is 2.33. The fraction of sp³-hybridized carbons (Fsp3) is 0.250. The topological polar surface area (TPSA) is 132 Å². The number of carbonyl (C=O) groups excluding carboxylic acids is 1. The fourth-order valence-electron chi connectivity index (χ4n) is 5.51. The van der Waals surface area contributed by atoms with Crippen LogP contribution in [0.3, 0.4) is 0 Å². The van der Waals surface area contributed by atoms with E-state index < -0.39 is 22.0 Å². The van der Waals surface area contributed by atoms with E-state index in [1.807, 2.05) is 22.6 Å². The number of benzene rings is 2. The number of amides is 1. The molecule has 4 heterocycles. The lowest BCUT2D eigenvalue weighted by Gasteiger charge is -2.23. The van der Waals surface area contributed by atoms with Crippen LogP contribution in [0.25, 0.3) is 22.1 Å². The SMILES string of the molecule is Cc1cc([C@@H](C)n2c(C(=O)NS(C)(=O)=O)nc3nc(Cl)ccc32)c2nc(N3Cc4ccc(F)cc4C3)n(C)c(=O)c2c1. The molecule has 42 heavy (non-hydrogen) atoms. The number of anilines is 1. The Kier molecular flexibility index (Phi) is 6.54. The normalized spacial score (nSPS) is 14.0. The van der Waals surface area contributed by atoms with Crippen molar-refractivity contribution in [3.05, 3.63) is 91.9 Å². The standard InChI is InChI=1S/C28H25ClFN7O4S/c1-14-9-19(15(2)37-21-7-8-22(29)31-24(21)33-25(37)26(38)34-42(4,40)41)23-20(10-14)27(39)35(3)28(32-23)36-12-16-5-6-18(30)11-17(16)13-36/h5-11,15H,12-13H2,1-4H3,(H,34,38)/t15-/m1/s1. The van der Waals surface area contributed by atoms with Crippen LogP contribution in [-0.2, 0) is 30.2 Å². The van der Waals surface area contributed by atoms with Crippen LogP contribution in [0.5, 0.6) is 0 Å². The maximum atomic E-state index is 13.9. The smallest absolute Gasteiger partial charge is 0.300 e. The molecule has 1 atom stereocenters. The first kappa shape index (κ1) is 27.8. The lowest BCUT2D eigenvalue weighted by molar-refractivity contribution is 0.0967. The molecule has 0 spiro atoms. The largest absolute Gasteiger partial charge is 0.333 e. The highest BCUT2D eigenvalue weighted by Gasteiger charge is 2.28. The molecule has 216 valence electrons. The van der Waals surface area contributed by atoms with Crippen LogP contribution in [0.4, 0.5) is 10.3 Å². The molecule has 1 amide bonds. The Labute approximate surface area is 244 Å². The van der Waals surface area contributed by atoms with E-state index in [4.69, 9.17) is 16.6 Å². The first-order chi connectivity index (χ1) is 19.8. The Morgan fingerprint density at radius 3 is 2.55 bits per heavy atom. The van der Waals surface area contributed by atoms with Crippen molar-refractivity contribution in [3.8, 4) is 0 Å². The van der Waals surface area contributed by atoms with E-state index in [9.17, 15) is 22.4 Å². The van der Waals surface area contributed by atoms with E-state index in [0.29, 0.717) is 41.0 Å². The van der Waals surface area contributed by atoms with Gasteiger partial charge in [0.25, 0.3) is 5.56 Å². The zero-order chi connectivity index (χ0) is 30.1. The third-order valence-electron chi connectivity index (χ3n) is 7.34. The van der Waals surface area contributed by atoms with Crippen LogP contribution < -0.4 is 15.2 Å². The average molecular weight is 610 g/mol. The predicted octanol–water partition coefficient (Wildman–Crippen LogP) is 3.60. The number of imidazole rings is 1. The number of fused-ring (bicyclic) bond motifs is 3. The van der Waals surface area contributed by atoms with Gasteiger partial charge in [0.15, 0.2) is 5.65 Å². The molecule has 11 nitrogen and oxygen atoms in total. The Morgan fingerprint density at radius 2 is 1.81 bits per heavy atom. The van der Waals surface area contributed by atoms with Gasteiger partial charge in [0, 0.05) is 25.7 Å². The summed E-state index contributed by atoms with van der Waals surface area (Å²) in [7, 11) is -2.26. The number of rotatable bonds is 5. The summed E-state index contributed by atoms with van der Waals surface area (Å²) in [5, 5.41) is 0.524. The molecular weight excluding hydrogens is 585 g/mol. The van der Waals surface area contributed by atoms with Gasteiger partial charge in [-0.15, -0.1) is 0 Å². The van der Waals surface area contributed by atoms with Crippen LogP contribution in [0, 0.1) is 12.7 Å². The second kappa shape index (κ2) is 9.88. The first-order valence-corrected chi connectivity index (χ1v) is 15.2. The molecule has 0 unspecified atom stereocenters. The number of hydrogen-bond donors (Lipinski definition) is 1. The lowest BCUT2D eigenvalue weighted by Crippen LogP contribution is -2.32. The molecule has 6 rings (SSSR count). The van der Waals surface area contributed by atoms with Crippen molar-refractivity contribution in [1.29, 1.82) is 0 Å². The number of nitrogens with one attached hydrogen (secondary N) is 1. The van der Waals surface area contributed by atoms with Gasteiger partial charge in [-0.2, -0.15) is 0 Å². The summed E-state index contributed by atoms with van der Waals surface area (Å²) in [6, 6.07) is 10.8. The van der Waals surface area contributed by atoms with E-state index in [0.717, 1.165) is 22.9 Å². The molecule has 0 radical (unpaired) electrons. The molecule has 0 bridgehead atoms. The summed E-state index contributed by atoms with van der Waals surface area (Å²) in [5.41, 5.74) is 3.88. The van der Waals surface area contributed by atoms with Gasteiger partial charge in [0.2, 0.25) is 21.8 Å². The molecule has 3 aromatic heterocycles. The van der Waals surface area contributed by atoms with Crippen molar-refractivity contribution in [2.45, 2.75) is 33.0 Å². The van der Waals surface area contributed by atoms with E-state index in [-0.39, 0.29) is 28.0 Å². The van der Waals surface area contributed by atoms with Crippen LogP contribution in [0.1, 0.15) is 45.8 Å². The van der Waals surface area contributed by atoms with Crippen LogP contribution in [-0.4, -0.2) is 44.7 Å². The Morgan fingerprint density at radius 1 is 1.07 bits per heavy atom. The van der Waals surface area contributed by atoms with E-state index in [1.165, 1.54) is 16.7 Å². The zero-order valence-corrected chi connectivity index (χ0v) is 24.6. The second-order valence-corrected chi connectivity index (χ2v) is 12.6. The number of aromatic nitrogens is 5. The van der Waals surface area contributed by atoms with Gasteiger partial charge in [-0.3, -0.25) is 14.2 Å². The predicted molar refractivity (Wildman–Crippen MR) is 157 cm³/mol. The molecule has 1 aliphatic rings. The monoisotopic (exact) mass is 609 g/mol. The van der Waals surface area contributed by atoms with Crippen molar-refractivity contribution in [3.63, 3.8) is 0 Å². The van der Waals surface area contributed by atoms with E-state index >= 15 is 0 Å². The minimum Gasteiger partial charge on any atom is -0.333 e. The minimum absolute atomic E-state index is 0.150. The second-order valence-electron chi connectivity index (χ2n) is 10.5. The Bertz CT molecular complexity index is 2130. The Balaban J connectivity index is 1.55. The van der Waals surface area contributed by atoms with Gasteiger partial charge in [-0.05, 0) is 60.9 Å². The van der Waals surface area contributed by atoms with Crippen LogP contribution in [0.15, 0.2) is 47.3 Å². The highest BCUT2D eigenvalue weighted by molar-refractivity contribution is 7.89. The molecular formula is C28H25ClFN7O4S. The highest BCUT2D eigenvalue weighted by atomic mass is 35.5. The summed E-state index contributed by atoms with van der Waals surface area (Å²) in [4.78, 5) is 42.2. The molecule has 0 saturated carbocycles. The molecule has 0 aliphatic carbocycles. The van der Waals surface area contributed by atoms with Gasteiger partial charge in [-0.1, -0.05) is 23.7 Å². The number of hydrogen-bond acceptors (Lipinski definition) is 8. The molecule has 1 N–H and O–H groups in total. The molecule has 1 aliphatic heterocycles. The van der Waals surface area contributed by atoms with Crippen molar-refractivity contribution in [2.24, 2.45) is 7.05 Å². The van der Waals surface area contributed by atoms with Gasteiger partial charge in [0.05, 0.1) is 28.7 Å². The maximum Gasteiger partial charge on any atom is 0.300 e. The number of pyridine rings is 1. The minimum atomic E-state index is -3.90. The summed E-state index contributed by atoms with van der Waals surface area (Å²) in [6.45, 7) is 4.48. The maximum absolute atomic E-state index is 13.9. The number of aryl methyl sites for hydroxylation is 1. The zero-order valence-electron chi connectivity index (χ0n) is 23.0. The van der Waals surface area contributed by atoms with Crippen LogP contribution >= 0.6 is 11.6 Å². The number of halogens is 2. The van der Waals surface area contributed by atoms with Gasteiger partial charge >= 0.3 is 5.91 Å². The van der Waals surface area contributed by atoms with Crippen molar-refractivity contribution >= 4 is 55.5 Å². The van der Waals surface area contributed by atoms with Gasteiger partial charge < -0.3 is 9.47 Å². The molecule has 14 heteroatoms. The quantitative estimate of drug-likeness (QED) is 0.299. The van der Waals surface area contributed by atoms with Crippen LogP contribution in [0.2, 0.25) is 5.15 Å². The fourth-order valence-corrected chi connectivity index (χ4v) is 6.08. The number of sulfonamides is 1. The van der Waals surface area contributed by atoms with Crippen molar-refractivity contribution < 1.29 is 17.6 Å². The third kappa shape index (κ3) is 4.77. The number of nitrogens with zero attached hydrogens (tertiary/aromatic N) is 6. The van der Waals surface area contributed by atoms with Crippen molar-refractivity contribution in [1.82, 2.24) is 28.8 Å². The lowest BCUT2D eigenvalue weighted by atomic mass is 10.0. The summed E-state index contributed by atoms with van der Waals surface area (Å²) in [5.74, 6) is -1.07. The summed E-state index contributed by atoms with van der Waals surface area (Å²) in [6.07, 6.45) is 0.872. The number of carbonyl (C=O) groups is 1.